The summed E-state index contributed by atoms with van der Waals surface area (Å²) in [4.78, 5) is 20.6. The predicted octanol–water partition coefficient (Wildman–Crippen LogP) is 2.78. The van der Waals surface area contributed by atoms with E-state index in [0.717, 1.165) is 16.4 Å². The number of fused-ring (bicyclic) bond motifs is 1. The molecule has 0 fully saturated rings. The number of halogens is 1. The molecule has 19 heavy (non-hydrogen) atoms. The number of nitrogens with zero attached hydrogens (tertiary/aromatic N) is 2. The van der Waals surface area contributed by atoms with E-state index in [1.807, 2.05) is 6.07 Å². The molecule has 5 heteroatoms. The van der Waals surface area contributed by atoms with Gasteiger partial charge in [-0.1, -0.05) is 29.8 Å². The number of hydrogen-bond donors (Lipinski definition) is 1. The second-order valence-electron chi connectivity index (χ2n) is 4.74. The van der Waals surface area contributed by atoms with Crippen LogP contribution in [0.3, 0.4) is 0 Å². The van der Waals surface area contributed by atoms with Crippen molar-refractivity contribution in [3.05, 3.63) is 36.2 Å². The molecule has 1 aromatic heterocycles. The summed E-state index contributed by atoms with van der Waals surface area (Å²) < 4.78 is 0. The largest absolute Gasteiger partial charge is 0.348 e. The number of rotatable bonds is 4. The van der Waals surface area contributed by atoms with Gasteiger partial charge < -0.3 is 5.32 Å². The average Bonchev–Trinajstić information content (AvgIpc) is 2.43. The molecule has 0 saturated carbocycles. The molecule has 1 aromatic carbocycles. The van der Waals surface area contributed by atoms with E-state index in [1.165, 1.54) is 0 Å². The maximum atomic E-state index is 12.2. The van der Waals surface area contributed by atoms with E-state index in [2.05, 4.69) is 45.1 Å². The summed E-state index contributed by atoms with van der Waals surface area (Å²) in [5, 5.41) is 3.75. The number of nitrogens with one attached hydrogen (secondary N) is 1. The molecule has 1 atom stereocenters. The van der Waals surface area contributed by atoms with E-state index in [4.69, 9.17) is 0 Å². The Morgan fingerprint density at radius 2 is 1.95 bits per heavy atom. The first kappa shape index (κ1) is 13.9. The standard InChI is InChI=1S/C14H16BrN3O/c1-9(2)13(8-15)18-14(19)10-3-4-11-12(7-10)17-6-5-16-11/h3-7,9,13H,8H2,1-2H3,(H,18,19). The number of carbonyl (C=O) groups excluding carboxylic acids is 1. The van der Waals surface area contributed by atoms with Gasteiger partial charge in [-0.3, -0.25) is 14.8 Å². The van der Waals surface area contributed by atoms with Crippen LogP contribution in [0.5, 0.6) is 0 Å². The summed E-state index contributed by atoms with van der Waals surface area (Å²) in [6, 6.07) is 5.47. The second kappa shape index (κ2) is 6.10. The molecular weight excluding hydrogens is 306 g/mol. The van der Waals surface area contributed by atoms with Crippen molar-refractivity contribution in [1.29, 1.82) is 0 Å². The smallest absolute Gasteiger partial charge is 0.251 e. The van der Waals surface area contributed by atoms with Crippen LogP contribution in [0, 0.1) is 5.92 Å². The third-order valence-corrected chi connectivity index (χ3v) is 3.72. The van der Waals surface area contributed by atoms with E-state index in [-0.39, 0.29) is 11.9 Å². The lowest BCUT2D eigenvalue weighted by molar-refractivity contribution is 0.0932. The van der Waals surface area contributed by atoms with Gasteiger partial charge in [0.2, 0.25) is 0 Å². The fourth-order valence-electron chi connectivity index (χ4n) is 1.74. The van der Waals surface area contributed by atoms with Gasteiger partial charge in [-0.25, -0.2) is 0 Å². The maximum absolute atomic E-state index is 12.2. The number of benzene rings is 1. The van der Waals surface area contributed by atoms with Crippen molar-refractivity contribution in [3.63, 3.8) is 0 Å². The third kappa shape index (κ3) is 3.29. The Kier molecular flexibility index (Phi) is 4.47. The molecule has 0 spiro atoms. The first-order valence-corrected chi connectivity index (χ1v) is 7.31. The highest BCUT2D eigenvalue weighted by atomic mass is 79.9. The number of aromatic nitrogens is 2. The van der Waals surface area contributed by atoms with Crippen LogP contribution in [0.15, 0.2) is 30.6 Å². The van der Waals surface area contributed by atoms with Crippen LogP contribution >= 0.6 is 15.9 Å². The Bertz CT molecular complexity index is 586. The van der Waals surface area contributed by atoms with Gasteiger partial charge >= 0.3 is 0 Å². The van der Waals surface area contributed by atoms with Crippen LogP contribution in [0.1, 0.15) is 24.2 Å². The summed E-state index contributed by atoms with van der Waals surface area (Å²) in [6.45, 7) is 4.16. The highest BCUT2D eigenvalue weighted by Crippen LogP contribution is 2.12. The first-order valence-electron chi connectivity index (χ1n) is 6.19. The lowest BCUT2D eigenvalue weighted by Crippen LogP contribution is -2.39. The zero-order chi connectivity index (χ0) is 13.8. The predicted molar refractivity (Wildman–Crippen MR) is 79.4 cm³/mol. The molecule has 1 heterocycles. The molecule has 0 radical (unpaired) electrons. The first-order chi connectivity index (χ1) is 9.11. The Morgan fingerprint density at radius 3 is 2.58 bits per heavy atom. The van der Waals surface area contributed by atoms with Gasteiger partial charge in [0.1, 0.15) is 0 Å². The van der Waals surface area contributed by atoms with Gasteiger partial charge in [-0.2, -0.15) is 0 Å². The molecule has 0 aliphatic carbocycles. The SMILES string of the molecule is CC(C)C(CBr)NC(=O)c1ccc2nccnc2c1. The zero-order valence-electron chi connectivity index (χ0n) is 10.9. The van der Waals surface area contributed by atoms with Crippen molar-refractivity contribution in [2.45, 2.75) is 19.9 Å². The second-order valence-corrected chi connectivity index (χ2v) is 5.39. The van der Waals surface area contributed by atoms with Crippen molar-refractivity contribution < 1.29 is 4.79 Å². The van der Waals surface area contributed by atoms with E-state index >= 15 is 0 Å². The number of hydrogen-bond acceptors (Lipinski definition) is 3. The van der Waals surface area contributed by atoms with Crippen LogP contribution in [-0.2, 0) is 0 Å². The lowest BCUT2D eigenvalue weighted by atomic mass is 10.1. The van der Waals surface area contributed by atoms with E-state index in [1.54, 1.807) is 24.5 Å². The highest BCUT2D eigenvalue weighted by Gasteiger charge is 2.16. The minimum Gasteiger partial charge on any atom is -0.348 e. The third-order valence-electron chi connectivity index (χ3n) is 3.02. The van der Waals surface area contributed by atoms with Crippen molar-refractivity contribution in [2.24, 2.45) is 5.92 Å². The summed E-state index contributed by atoms with van der Waals surface area (Å²) in [5.41, 5.74) is 2.13. The summed E-state index contributed by atoms with van der Waals surface area (Å²) >= 11 is 3.42. The molecular formula is C14H16BrN3O. The Balaban J connectivity index is 2.21. The van der Waals surface area contributed by atoms with Crippen LogP contribution in [-0.4, -0.2) is 27.2 Å². The van der Waals surface area contributed by atoms with Crippen LogP contribution in [0.4, 0.5) is 0 Å². The Hall–Kier alpha value is -1.49. The molecule has 0 saturated heterocycles. The van der Waals surface area contributed by atoms with Gasteiger partial charge in [-0.15, -0.1) is 0 Å². The van der Waals surface area contributed by atoms with E-state index in [0.29, 0.717) is 11.5 Å². The van der Waals surface area contributed by atoms with Gasteiger partial charge in [0.15, 0.2) is 0 Å². The molecule has 0 aliphatic rings. The van der Waals surface area contributed by atoms with E-state index < -0.39 is 0 Å². The van der Waals surface area contributed by atoms with Crippen LogP contribution in [0.25, 0.3) is 11.0 Å². The number of amides is 1. The van der Waals surface area contributed by atoms with E-state index in [9.17, 15) is 4.79 Å². The summed E-state index contributed by atoms with van der Waals surface area (Å²) in [5.74, 6) is 0.300. The molecule has 1 unspecified atom stereocenters. The molecule has 2 rings (SSSR count). The molecule has 1 amide bonds. The lowest BCUT2D eigenvalue weighted by Gasteiger charge is -2.19. The minimum atomic E-state index is -0.0781. The number of alkyl halides is 1. The average molecular weight is 322 g/mol. The number of carbonyl (C=O) groups is 1. The Morgan fingerprint density at radius 1 is 1.26 bits per heavy atom. The van der Waals surface area contributed by atoms with Crippen molar-refractivity contribution in [3.8, 4) is 0 Å². The fourth-order valence-corrected chi connectivity index (χ4v) is 2.65. The summed E-state index contributed by atoms with van der Waals surface area (Å²) in [6.07, 6.45) is 3.27. The monoisotopic (exact) mass is 321 g/mol. The molecule has 100 valence electrons. The summed E-state index contributed by atoms with van der Waals surface area (Å²) in [7, 11) is 0. The van der Waals surface area contributed by atoms with Crippen molar-refractivity contribution >= 4 is 32.9 Å². The maximum Gasteiger partial charge on any atom is 0.251 e. The quantitative estimate of drug-likeness (QED) is 0.881. The highest BCUT2D eigenvalue weighted by molar-refractivity contribution is 9.09. The van der Waals surface area contributed by atoms with Gasteiger partial charge in [0.05, 0.1) is 11.0 Å². The van der Waals surface area contributed by atoms with Gasteiger partial charge in [0.25, 0.3) is 5.91 Å². The molecule has 0 aliphatic heterocycles. The molecule has 1 N–H and O–H groups in total. The normalized spacial score (nSPS) is 12.6. The minimum absolute atomic E-state index is 0.0781. The Labute approximate surface area is 120 Å². The van der Waals surface area contributed by atoms with Crippen molar-refractivity contribution in [2.75, 3.05) is 5.33 Å². The zero-order valence-corrected chi connectivity index (χ0v) is 12.5. The van der Waals surface area contributed by atoms with Crippen LogP contribution < -0.4 is 5.32 Å². The van der Waals surface area contributed by atoms with Crippen LogP contribution in [0.2, 0.25) is 0 Å². The van der Waals surface area contributed by atoms with Gasteiger partial charge in [-0.05, 0) is 24.1 Å². The fraction of sp³-hybridized carbons (Fsp3) is 0.357. The molecule has 2 aromatic rings. The topological polar surface area (TPSA) is 54.9 Å². The van der Waals surface area contributed by atoms with Crippen molar-refractivity contribution in [1.82, 2.24) is 15.3 Å². The van der Waals surface area contributed by atoms with Gasteiger partial charge in [0, 0.05) is 29.3 Å². The molecule has 4 nitrogen and oxygen atoms in total. The molecule has 0 bridgehead atoms.